The van der Waals surface area contributed by atoms with E-state index in [1.54, 1.807) is 0 Å². The van der Waals surface area contributed by atoms with E-state index >= 15 is 0 Å². The van der Waals surface area contributed by atoms with Crippen molar-refractivity contribution in [1.82, 2.24) is 25.1 Å². The number of carbonyl (C=O) groups is 1. The number of rotatable bonds is 4. The standard InChI is InChI=1S/C12H19N5O2S/c1-8-5-16(6-9(2)19-8)11(18)7-20-12-13-14-15-17(12)10-3-4-10/h8-10H,3-7H2,1-2H3/t8-,9-/m0/s1. The van der Waals surface area contributed by atoms with Crippen molar-refractivity contribution in [2.75, 3.05) is 18.8 Å². The van der Waals surface area contributed by atoms with E-state index in [1.807, 2.05) is 23.4 Å². The average Bonchev–Trinajstić information content (AvgIpc) is 3.14. The molecule has 0 spiro atoms. The first kappa shape index (κ1) is 13.8. The third kappa shape index (κ3) is 3.12. The van der Waals surface area contributed by atoms with Crippen molar-refractivity contribution >= 4 is 17.7 Å². The number of carbonyl (C=O) groups excluding carboxylic acids is 1. The second kappa shape index (κ2) is 5.69. The fraction of sp³-hybridized carbons (Fsp3) is 0.833. The van der Waals surface area contributed by atoms with Crippen LogP contribution in [0.15, 0.2) is 5.16 Å². The Labute approximate surface area is 122 Å². The second-order valence-corrected chi connectivity index (χ2v) is 6.42. The molecule has 8 heteroatoms. The van der Waals surface area contributed by atoms with Gasteiger partial charge in [0.15, 0.2) is 0 Å². The van der Waals surface area contributed by atoms with Gasteiger partial charge in [-0.3, -0.25) is 4.79 Å². The molecule has 2 heterocycles. The van der Waals surface area contributed by atoms with E-state index in [0.717, 1.165) is 18.0 Å². The predicted octanol–water partition coefficient (Wildman–Crippen LogP) is 0.736. The van der Waals surface area contributed by atoms with Crippen LogP contribution in [-0.2, 0) is 9.53 Å². The number of hydrogen-bond donors (Lipinski definition) is 0. The van der Waals surface area contributed by atoms with Crippen LogP contribution in [0, 0.1) is 0 Å². The quantitative estimate of drug-likeness (QED) is 0.763. The van der Waals surface area contributed by atoms with Crippen molar-refractivity contribution in [3.8, 4) is 0 Å². The smallest absolute Gasteiger partial charge is 0.233 e. The predicted molar refractivity (Wildman–Crippen MR) is 73.4 cm³/mol. The van der Waals surface area contributed by atoms with E-state index in [2.05, 4.69) is 15.5 Å². The van der Waals surface area contributed by atoms with Crippen LogP contribution in [0.25, 0.3) is 0 Å². The van der Waals surface area contributed by atoms with Crippen LogP contribution in [0.4, 0.5) is 0 Å². The van der Waals surface area contributed by atoms with Crippen molar-refractivity contribution in [2.24, 2.45) is 0 Å². The Morgan fingerprint density at radius 3 is 2.70 bits per heavy atom. The number of hydrogen-bond acceptors (Lipinski definition) is 6. The lowest BCUT2D eigenvalue weighted by Crippen LogP contribution is -2.48. The summed E-state index contributed by atoms with van der Waals surface area (Å²) in [7, 11) is 0. The first-order chi connectivity index (χ1) is 9.63. The molecule has 2 atom stereocenters. The summed E-state index contributed by atoms with van der Waals surface area (Å²) in [5.74, 6) is 0.509. The molecule has 1 amide bonds. The molecule has 0 N–H and O–H groups in total. The van der Waals surface area contributed by atoms with Crippen LogP contribution in [0.3, 0.4) is 0 Å². The van der Waals surface area contributed by atoms with E-state index in [4.69, 9.17) is 4.74 Å². The normalized spacial score (nSPS) is 26.8. The SMILES string of the molecule is C[C@H]1CN(C(=O)CSc2nnnn2C2CC2)C[C@H](C)O1. The maximum absolute atomic E-state index is 12.3. The molecule has 1 aromatic rings. The van der Waals surface area contributed by atoms with E-state index < -0.39 is 0 Å². The number of morpholine rings is 1. The van der Waals surface area contributed by atoms with Gasteiger partial charge in [0, 0.05) is 13.1 Å². The van der Waals surface area contributed by atoms with Gasteiger partial charge < -0.3 is 9.64 Å². The summed E-state index contributed by atoms with van der Waals surface area (Å²) in [6.07, 6.45) is 2.46. The van der Waals surface area contributed by atoms with Crippen molar-refractivity contribution in [3.05, 3.63) is 0 Å². The molecule has 0 unspecified atom stereocenters. The number of nitrogens with zero attached hydrogens (tertiary/aromatic N) is 5. The lowest BCUT2D eigenvalue weighted by Gasteiger charge is -2.35. The van der Waals surface area contributed by atoms with Gasteiger partial charge in [-0.1, -0.05) is 11.8 Å². The van der Waals surface area contributed by atoms with Gasteiger partial charge >= 0.3 is 0 Å². The molecule has 110 valence electrons. The maximum Gasteiger partial charge on any atom is 0.233 e. The van der Waals surface area contributed by atoms with Crippen molar-refractivity contribution in [1.29, 1.82) is 0 Å². The molecule has 0 bridgehead atoms. The molecular formula is C12H19N5O2S. The Balaban J connectivity index is 1.55. The van der Waals surface area contributed by atoms with Crippen LogP contribution in [0.5, 0.6) is 0 Å². The number of ether oxygens (including phenoxy) is 1. The molecule has 0 aromatic carbocycles. The maximum atomic E-state index is 12.3. The molecule has 2 fully saturated rings. The Kier molecular flexibility index (Phi) is 3.93. The highest BCUT2D eigenvalue weighted by Crippen LogP contribution is 2.36. The summed E-state index contributed by atoms with van der Waals surface area (Å²) in [5.41, 5.74) is 0. The number of thioether (sulfide) groups is 1. The summed E-state index contributed by atoms with van der Waals surface area (Å²) in [4.78, 5) is 14.1. The first-order valence-electron chi connectivity index (χ1n) is 6.97. The van der Waals surface area contributed by atoms with E-state index in [9.17, 15) is 4.79 Å². The molecule has 1 aromatic heterocycles. The molecule has 1 saturated carbocycles. The van der Waals surface area contributed by atoms with Gasteiger partial charge in [0.1, 0.15) is 0 Å². The van der Waals surface area contributed by atoms with Crippen LogP contribution < -0.4 is 0 Å². The van der Waals surface area contributed by atoms with Crippen molar-refractivity contribution in [3.63, 3.8) is 0 Å². The highest BCUT2D eigenvalue weighted by atomic mass is 32.2. The topological polar surface area (TPSA) is 73.1 Å². The minimum Gasteiger partial charge on any atom is -0.372 e. The summed E-state index contributed by atoms with van der Waals surface area (Å²) in [5, 5.41) is 12.4. The third-order valence-corrected chi connectivity index (χ3v) is 4.37. The van der Waals surface area contributed by atoms with Gasteiger partial charge in [0.2, 0.25) is 11.1 Å². The second-order valence-electron chi connectivity index (χ2n) is 5.48. The average molecular weight is 297 g/mol. The summed E-state index contributed by atoms with van der Waals surface area (Å²) in [6, 6.07) is 0.436. The molecule has 1 aliphatic heterocycles. The lowest BCUT2D eigenvalue weighted by atomic mass is 10.2. The summed E-state index contributed by atoms with van der Waals surface area (Å²) < 4.78 is 7.47. The zero-order chi connectivity index (χ0) is 14.1. The number of amides is 1. The summed E-state index contributed by atoms with van der Waals surface area (Å²) >= 11 is 1.42. The minimum absolute atomic E-state index is 0.101. The van der Waals surface area contributed by atoms with Gasteiger partial charge in [-0.05, 0) is 37.1 Å². The largest absolute Gasteiger partial charge is 0.372 e. The molecule has 3 rings (SSSR count). The zero-order valence-electron chi connectivity index (χ0n) is 11.7. The molecule has 1 aliphatic carbocycles. The van der Waals surface area contributed by atoms with E-state index in [0.29, 0.717) is 24.9 Å². The van der Waals surface area contributed by atoms with Crippen LogP contribution in [-0.4, -0.2) is 62.1 Å². The molecule has 0 radical (unpaired) electrons. The van der Waals surface area contributed by atoms with E-state index in [-0.39, 0.29) is 18.1 Å². The van der Waals surface area contributed by atoms with Gasteiger partial charge in [0.25, 0.3) is 0 Å². The third-order valence-electron chi connectivity index (χ3n) is 3.45. The Morgan fingerprint density at radius 1 is 1.35 bits per heavy atom. The summed E-state index contributed by atoms with van der Waals surface area (Å²) in [6.45, 7) is 5.32. The number of aromatic nitrogens is 4. The molecular weight excluding hydrogens is 278 g/mol. The molecule has 20 heavy (non-hydrogen) atoms. The van der Waals surface area contributed by atoms with Crippen molar-refractivity contribution in [2.45, 2.75) is 50.1 Å². The molecule has 1 saturated heterocycles. The highest BCUT2D eigenvalue weighted by Gasteiger charge is 2.29. The fourth-order valence-electron chi connectivity index (χ4n) is 2.43. The minimum atomic E-state index is 0.101. The highest BCUT2D eigenvalue weighted by molar-refractivity contribution is 7.99. The Morgan fingerprint density at radius 2 is 2.05 bits per heavy atom. The van der Waals surface area contributed by atoms with Gasteiger partial charge in [-0.15, -0.1) is 5.10 Å². The Bertz CT molecular complexity index is 480. The number of tetrazole rings is 1. The lowest BCUT2D eigenvalue weighted by molar-refractivity contribution is -0.140. The van der Waals surface area contributed by atoms with Crippen LogP contribution >= 0.6 is 11.8 Å². The Hall–Kier alpha value is -1.15. The van der Waals surface area contributed by atoms with Gasteiger partial charge in [-0.25, -0.2) is 4.68 Å². The van der Waals surface area contributed by atoms with Crippen molar-refractivity contribution < 1.29 is 9.53 Å². The van der Waals surface area contributed by atoms with Crippen LogP contribution in [0.1, 0.15) is 32.7 Å². The fourth-order valence-corrected chi connectivity index (χ4v) is 3.28. The molecule has 2 aliphatic rings. The first-order valence-corrected chi connectivity index (χ1v) is 7.96. The van der Waals surface area contributed by atoms with E-state index in [1.165, 1.54) is 11.8 Å². The van der Waals surface area contributed by atoms with Crippen LogP contribution in [0.2, 0.25) is 0 Å². The molecule has 7 nitrogen and oxygen atoms in total. The monoisotopic (exact) mass is 297 g/mol. The zero-order valence-corrected chi connectivity index (χ0v) is 12.5. The van der Waals surface area contributed by atoms with Gasteiger partial charge in [-0.2, -0.15) is 0 Å². The van der Waals surface area contributed by atoms with Gasteiger partial charge in [0.05, 0.1) is 24.0 Å².